The van der Waals surface area contributed by atoms with E-state index in [9.17, 15) is 9.59 Å². The van der Waals surface area contributed by atoms with Crippen LogP contribution in [0.15, 0.2) is 35.9 Å². The van der Waals surface area contributed by atoms with E-state index in [1.54, 1.807) is 11.6 Å². The number of amides is 1. The Morgan fingerprint density at radius 3 is 2.67 bits per heavy atom. The molecule has 0 spiro atoms. The van der Waals surface area contributed by atoms with E-state index in [1.807, 2.05) is 31.2 Å². The quantitative estimate of drug-likeness (QED) is 0.499. The van der Waals surface area contributed by atoms with Crippen molar-refractivity contribution >= 4 is 23.5 Å². The van der Waals surface area contributed by atoms with Gasteiger partial charge in [-0.1, -0.05) is 53.1 Å². The minimum atomic E-state index is -0.641. The lowest BCUT2D eigenvalue weighted by molar-refractivity contribution is -0.124. The minimum Gasteiger partial charge on any atom is -0.452 e. The van der Waals surface area contributed by atoms with Crippen LogP contribution >= 0.6 is 11.6 Å². The van der Waals surface area contributed by atoms with Gasteiger partial charge in [-0.05, 0) is 51.5 Å². The second kappa shape index (κ2) is 10.4. The Bertz CT molecular complexity index is 932. The molecule has 1 amide bonds. The van der Waals surface area contributed by atoms with E-state index in [-0.39, 0.29) is 23.2 Å². The molecule has 0 saturated heterocycles. The summed E-state index contributed by atoms with van der Waals surface area (Å²) in [6, 6.07) is 8.01. The number of ether oxygens (including phenoxy) is 1. The number of carbonyl (C=O) groups is 2. The standard InChI is InChI=1S/C23H28ClN3O3/c1-16-8-10-19(11-9-16)14-27-22(24)21(17(2)26-27)23(29)30-15-20(28)25-13-12-18-6-4-3-5-7-18/h6,8-11H,3-5,7,12-15H2,1-2H3,(H,25,28). The van der Waals surface area contributed by atoms with Crippen molar-refractivity contribution in [3.8, 4) is 0 Å². The van der Waals surface area contributed by atoms with Crippen LogP contribution in [-0.4, -0.2) is 34.8 Å². The van der Waals surface area contributed by atoms with Crippen molar-refractivity contribution < 1.29 is 14.3 Å². The number of aryl methyl sites for hydroxylation is 2. The number of nitrogens with one attached hydrogen (secondary N) is 1. The van der Waals surface area contributed by atoms with Crippen LogP contribution in [-0.2, 0) is 16.1 Å². The van der Waals surface area contributed by atoms with E-state index in [2.05, 4.69) is 16.5 Å². The Kier molecular flexibility index (Phi) is 7.69. The first-order chi connectivity index (χ1) is 14.4. The predicted octanol–water partition coefficient (Wildman–Crippen LogP) is 4.37. The summed E-state index contributed by atoms with van der Waals surface area (Å²) in [7, 11) is 0. The maximum Gasteiger partial charge on any atom is 0.343 e. The molecule has 0 saturated carbocycles. The number of nitrogens with zero attached hydrogens (tertiary/aromatic N) is 2. The fourth-order valence-electron chi connectivity index (χ4n) is 3.50. The van der Waals surface area contributed by atoms with Gasteiger partial charge in [0.1, 0.15) is 10.7 Å². The van der Waals surface area contributed by atoms with Crippen LogP contribution in [0.5, 0.6) is 0 Å². The van der Waals surface area contributed by atoms with E-state index >= 15 is 0 Å². The number of rotatable bonds is 8. The maximum atomic E-state index is 12.5. The largest absolute Gasteiger partial charge is 0.452 e. The molecule has 160 valence electrons. The minimum absolute atomic E-state index is 0.198. The summed E-state index contributed by atoms with van der Waals surface area (Å²) in [6.45, 7) is 4.38. The van der Waals surface area contributed by atoms with Crippen molar-refractivity contribution in [1.82, 2.24) is 15.1 Å². The zero-order valence-corrected chi connectivity index (χ0v) is 18.3. The van der Waals surface area contributed by atoms with Crippen LogP contribution < -0.4 is 5.32 Å². The van der Waals surface area contributed by atoms with E-state index in [0.717, 1.165) is 24.8 Å². The molecule has 1 aliphatic carbocycles. The molecule has 0 atom stereocenters. The molecule has 7 heteroatoms. The Hall–Kier alpha value is -2.60. The molecule has 1 aliphatic rings. The number of halogens is 1. The maximum absolute atomic E-state index is 12.5. The van der Waals surface area contributed by atoms with E-state index in [0.29, 0.717) is 18.8 Å². The van der Waals surface area contributed by atoms with Crippen LogP contribution in [0.2, 0.25) is 5.15 Å². The van der Waals surface area contributed by atoms with Crippen LogP contribution in [0, 0.1) is 13.8 Å². The lowest BCUT2D eigenvalue weighted by Crippen LogP contribution is -2.30. The Morgan fingerprint density at radius 2 is 1.97 bits per heavy atom. The molecule has 0 unspecified atom stereocenters. The van der Waals surface area contributed by atoms with Gasteiger partial charge in [-0.25, -0.2) is 9.48 Å². The SMILES string of the molecule is Cc1ccc(Cn2nc(C)c(C(=O)OCC(=O)NCCC3=CCCCC3)c2Cl)cc1. The third kappa shape index (κ3) is 5.95. The molecule has 2 aromatic rings. The molecule has 1 N–H and O–H groups in total. The molecule has 3 rings (SSSR count). The third-order valence-corrected chi connectivity index (χ3v) is 5.59. The van der Waals surface area contributed by atoms with Gasteiger partial charge in [0.25, 0.3) is 5.91 Å². The first-order valence-corrected chi connectivity index (χ1v) is 10.7. The molecule has 30 heavy (non-hydrogen) atoms. The van der Waals surface area contributed by atoms with E-state index < -0.39 is 5.97 Å². The zero-order valence-electron chi connectivity index (χ0n) is 17.5. The average molecular weight is 430 g/mol. The summed E-state index contributed by atoms with van der Waals surface area (Å²) in [4.78, 5) is 24.5. The smallest absolute Gasteiger partial charge is 0.343 e. The molecule has 0 radical (unpaired) electrons. The highest BCUT2D eigenvalue weighted by molar-refractivity contribution is 6.32. The van der Waals surface area contributed by atoms with Gasteiger partial charge in [0.05, 0.1) is 12.2 Å². The molecule has 6 nitrogen and oxygen atoms in total. The lowest BCUT2D eigenvalue weighted by atomic mass is 9.97. The summed E-state index contributed by atoms with van der Waals surface area (Å²) in [5, 5.41) is 7.36. The number of esters is 1. The lowest BCUT2D eigenvalue weighted by Gasteiger charge is -2.13. The first-order valence-electron chi connectivity index (χ1n) is 10.3. The van der Waals surface area contributed by atoms with Crippen LogP contribution in [0.25, 0.3) is 0 Å². The average Bonchev–Trinajstić information content (AvgIpc) is 3.01. The van der Waals surface area contributed by atoms with Gasteiger partial charge in [-0.2, -0.15) is 5.10 Å². The molecular weight excluding hydrogens is 402 g/mol. The van der Waals surface area contributed by atoms with Gasteiger partial charge < -0.3 is 10.1 Å². The molecule has 1 aromatic heterocycles. The van der Waals surface area contributed by atoms with Gasteiger partial charge >= 0.3 is 5.97 Å². The highest BCUT2D eigenvalue weighted by Crippen LogP contribution is 2.22. The van der Waals surface area contributed by atoms with E-state index in [4.69, 9.17) is 16.3 Å². The summed E-state index contributed by atoms with van der Waals surface area (Å²) >= 11 is 6.38. The molecule has 0 fully saturated rings. The van der Waals surface area contributed by atoms with Crippen molar-refractivity contribution in [3.05, 3.63) is 63.5 Å². The fraction of sp³-hybridized carbons (Fsp3) is 0.435. The number of hydrogen-bond acceptors (Lipinski definition) is 4. The van der Waals surface area contributed by atoms with Gasteiger partial charge in [0, 0.05) is 6.54 Å². The second-order valence-electron chi connectivity index (χ2n) is 7.68. The fourth-order valence-corrected chi connectivity index (χ4v) is 3.82. The molecule has 0 aliphatic heterocycles. The third-order valence-electron chi connectivity index (χ3n) is 5.21. The highest BCUT2D eigenvalue weighted by Gasteiger charge is 2.22. The molecular formula is C23H28ClN3O3. The Morgan fingerprint density at radius 1 is 1.20 bits per heavy atom. The first kappa shape index (κ1) is 22.1. The van der Waals surface area contributed by atoms with E-state index in [1.165, 1.54) is 24.0 Å². The van der Waals surface area contributed by atoms with Gasteiger partial charge in [0.2, 0.25) is 0 Å². The molecule has 1 aromatic carbocycles. The van der Waals surface area contributed by atoms with Gasteiger partial charge in [-0.15, -0.1) is 0 Å². The van der Waals surface area contributed by atoms with Gasteiger partial charge in [0.15, 0.2) is 6.61 Å². The van der Waals surface area contributed by atoms with Crippen LogP contribution in [0.1, 0.15) is 59.3 Å². The topological polar surface area (TPSA) is 73.2 Å². The predicted molar refractivity (Wildman–Crippen MR) is 117 cm³/mol. The number of benzene rings is 1. The summed E-state index contributed by atoms with van der Waals surface area (Å²) < 4.78 is 6.74. The molecule has 1 heterocycles. The summed E-state index contributed by atoms with van der Waals surface area (Å²) in [5.41, 5.74) is 4.25. The van der Waals surface area contributed by atoms with Crippen LogP contribution in [0.4, 0.5) is 0 Å². The van der Waals surface area contributed by atoms with Crippen molar-refractivity contribution in [1.29, 1.82) is 0 Å². The van der Waals surface area contributed by atoms with Crippen molar-refractivity contribution in [3.63, 3.8) is 0 Å². The van der Waals surface area contributed by atoms with Crippen molar-refractivity contribution in [2.75, 3.05) is 13.2 Å². The summed E-state index contributed by atoms with van der Waals surface area (Å²) in [6.07, 6.45) is 7.80. The highest BCUT2D eigenvalue weighted by atomic mass is 35.5. The Balaban J connectivity index is 1.51. The normalized spacial score (nSPS) is 13.6. The van der Waals surface area contributed by atoms with Crippen molar-refractivity contribution in [2.24, 2.45) is 0 Å². The number of carbonyl (C=O) groups excluding carboxylic acids is 2. The number of allylic oxidation sites excluding steroid dienone is 1. The number of hydrogen-bond donors (Lipinski definition) is 1. The monoisotopic (exact) mass is 429 g/mol. The summed E-state index contributed by atoms with van der Waals surface area (Å²) in [5.74, 6) is -0.960. The second-order valence-corrected chi connectivity index (χ2v) is 8.04. The zero-order chi connectivity index (χ0) is 21.5. The molecule has 0 bridgehead atoms. The van der Waals surface area contributed by atoms with Crippen LogP contribution in [0.3, 0.4) is 0 Å². The Labute approximate surface area is 182 Å². The number of aromatic nitrogens is 2. The van der Waals surface area contributed by atoms with Crippen molar-refractivity contribution in [2.45, 2.75) is 52.5 Å². The van der Waals surface area contributed by atoms with Gasteiger partial charge in [-0.3, -0.25) is 4.79 Å².